The first-order valence-electron chi connectivity index (χ1n) is 8.46. The van der Waals surface area contributed by atoms with Crippen LogP contribution < -0.4 is 15.7 Å². The van der Waals surface area contributed by atoms with E-state index < -0.39 is 17.3 Å². The van der Waals surface area contributed by atoms with Crippen LogP contribution in [0.2, 0.25) is 0 Å². The van der Waals surface area contributed by atoms with Gasteiger partial charge in [0.25, 0.3) is 11.5 Å². The van der Waals surface area contributed by atoms with Crippen molar-refractivity contribution in [1.29, 1.82) is 0 Å². The summed E-state index contributed by atoms with van der Waals surface area (Å²) in [7, 11) is 0. The average Bonchev–Trinajstić information content (AvgIpc) is 2.67. The van der Waals surface area contributed by atoms with Crippen molar-refractivity contribution in [2.75, 3.05) is 5.32 Å². The number of amides is 1. The molecule has 3 rings (SSSR count). The van der Waals surface area contributed by atoms with Crippen LogP contribution in [0.25, 0.3) is 0 Å². The molecule has 0 saturated carbocycles. The highest BCUT2D eigenvalue weighted by Crippen LogP contribution is 2.11. The summed E-state index contributed by atoms with van der Waals surface area (Å²) in [5.74, 6) is -1.10. The average molecular weight is 380 g/mol. The van der Waals surface area contributed by atoms with E-state index in [1.807, 2.05) is 0 Å². The monoisotopic (exact) mass is 380 g/mol. The molecule has 0 bridgehead atoms. The lowest BCUT2D eigenvalue weighted by atomic mass is 10.1. The normalized spacial score (nSPS) is 10.4. The second-order valence-corrected chi connectivity index (χ2v) is 6.04. The lowest BCUT2D eigenvalue weighted by molar-refractivity contribution is 0.0862. The van der Waals surface area contributed by atoms with Crippen molar-refractivity contribution < 1.29 is 18.8 Å². The van der Waals surface area contributed by atoms with E-state index in [-0.39, 0.29) is 18.0 Å². The molecule has 1 N–H and O–H groups in total. The van der Waals surface area contributed by atoms with Crippen molar-refractivity contribution in [1.82, 2.24) is 4.73 Å². The summed E-state index contributed by atoms with van der Waals surface area (Å²) in [5.41, 5.74) is 0.762. The first-order chi connectivity index (χ1) is 13.4. The van der Waals surface area contributed by atoms with E-state index >= 15 is 0 Å². The third-order valence-electron chi connectivity index (χ3n) is 3.97. The smallest absolute Gasteiger partial charge is 0.295 e. The third-order valence-corrected chi connectivity index (χ3v) is 3.97. The highest BCUT2D eigenvalue weighted by molar-refractivity contribution is 6.04. The van der Waals surface area contributed by atoms with Crippen molar-refractivity contribution in [3.8, 4) is 0 Å². The van der Waals surface area contributed by atoms with Crippen LogP contribution in [-0.4, -0.2) is 16.4 Å². The Labute approximate surface area is 160 Å². The molecule has 1 heterocycles. The van der Waals surface area contributed by atoms with E-state index in [9.17, 15) is 18.8 Å². The number of hydrogen-bond donors (Lipinski definition) is 1. The molecular weight excluding hydrogens is 363 g/mol. The van der Waals surface area contributed by atoms with Crippen LogP contribution in [-0.2, 0) is 6.61 Å². The van der Waals surface area contributed by atoms with Crippen molar-refractivity contribution in [3.63, 3.8) is 0 Å². The van der Waals surface area contributed by atoms with Gasteiger partial charge in [0, 0.05) is 17.4 Å². The van der Waals surface area contributed by atoms with E-state index in [1.54, 1.807) is 30.3 Å². The summed E-state index contributed by atoms with van der Waals surface area (Å²) in [6.07, 6.45) is 1.38. The van der Waals surface area contributed by atoms with Gasteiger partial charge in [-0.05, 0) is 61.0 Å². The Hall–Kier alpha value is -3.74. The van der Waals surface area contributed by atoms with Crippen LogP contribution in [0.5, 0.6) is 0 Å². The lowest BCUT2D eigenvalue weighted by Crippen LogP contribution is -2.32. The number of anilines is 1. The number of ketones is 1. The SMILES string of the molecule is CC(=O)c1ccc(NC(=O)c2cccn(OCc3cccc(F)c3)c2=O)cc1. The molecule has 0 fully saturated rings. The Morgan fingerprint density at radius 3 is 2.50 bits per heavy atom. The molecule has 0 saturated heterocycles. The molecule has 0 radical (unpaired) electrons. The summed E-state index contributed by atoms with van der Waals surface area (Å²) in [5, 5.41) is 2.60. The molecule has 1 amide bonds. The van der Waals surface area contributed by atoms with Gasteiger partial charge in [-0.25, -0.2) is 4.39 Å². The van der Waals surface area contributed by atoms with Crippen molar-refractivity contribution in [2.24, 2.45) is 0 Å². The molecule has 6 nitrogen and oxygen atoms in total. The van der Waals surface area contributed by atoms with Crippen LogP contribution >= 0.6 is 0 Å². The quantitative estimate of drug-likeness (QED) is 0.667. The summed E-state index contributed by atoms with van der Waals surface area (Å²) in [6, 6.07) is 15.0. The highest BCUT2D eigenvalue weighted by Gasteiger charge is 2.13. The van der Waals surface area contributed by atoms with E-state index in [1.165, 1.54) is 43.5 Å². The molecule has 0 aliphatic heterocycles. The van der Waals surface area contributed by atoms with Crippen LogP contribution in [0.3, 0.4) is 0 Å². The van der Waals surface area contributed by atoms with Gasteiger partial charge in [0.15, 0.2) is 5.78 Å². The molecule has 0 unspecified atom stereocenters. The topological polar surface area (TPSA) is 77.4 Å². The number of benzene rings is 2. The van der Waals surface area contributed by atoms with Crippen molar-refractivity contribution in [3.05, 3.63) is 99.7 Å². The van der Waals surface area contributed by atoms with Crippen LogP contribution in [0.15, 0.2) is 71.7 Å². The molecule has 28 heavy (non-hydrogen) atoms. The van der Waals surface area contributed by atoms with Gasteiger partial charge >= 0.3 is 0 Å². The number of hydrogen-bond acceptors (Lipinski definition) is 4. The molecule has 0 spiro atoms. The molecule has 0 aliphatic rings. The molecule has 0 aliphatic carbocycles. The number of nitrogens with one attached hydrogen (secondary N) is 1. The Bertz CT molecular complexity index is 1070. The standard InChI is InChI=1S/C21H17FN2O4/c1-14(25)16-7-9-18(10-8-16)23-20(26)19-6-3-11-24(21(19)27)28-13-15-4-2-5-17(22)12-15/h2-12H,13H2,1H3,(H,23,26). The fraction of sp³-hybridized carbons (Fsp3) is 0.0952. The van der Waals surface area contributed by atoms with Crippen molar-refractivity contribution >= 4 is 17.4 Å². The predicted octanol–water partition coefficient (Wildman–Crippen LogP) is 3.07. The zero-order valence-electron chi connectivity index (χ0n) is 15.0. The number of pyridine rings is 1. The van der Waals surface area contributed by atoms with Gasteiger partial charge in [-0.3, -0.25) is 14.4 Å². The summed E-state index contributed by atoms with van der Waals surface area (Å²) >= 11 is 0. The number of Topliss-reactive ketones (excluding diaryl/α,β-unsaturated/α-hetero) is 1. The number of rotatable bonds is 6. The molecule has 0 atom stereocenters. The number of carbonyl (C=O) groups is 2. The highest BCUT2D eigenvalue weighted by atomic mass is 19.1. The van der Waals surface area contributed by atoms with Gasteiger partial charge in [-0.1, -0.05) is 12.1 Å². The maximum Gasteiger partial charge on any atom is 0.295 e. The van der Waals surface area contributed by atoms with Gasteiger partial charge < -0.3 is 10.2 Å². The summed E-state index contributed by atoms with van der Waals surface area (Å²) in [6.45, 7) is 1.42. The Morgan fingerprint density at radius 1 is 1.07 bits per heavy atom. The molecule has 142 valence electrons. The molecule has 3 aromatic rings. The fourth-order valence-electron chi connectivity index (χ4n) is 2.51. The number of halogens is 1. The van der Waals surface area contributed by atoms with Crippen LogP contribution in [0, 0.1) is 5.82 Å². The minimum atomic E-state index is -0.642. The Balaban J connectivity index is 1.73. The van der Waals surface area contributed by atoms with Gasteiger partial charge in [-0.2, -0.15) is 4.73 Å². The maximum absolute atomic E-state index is 13.2. The minimum Gasteiger partial charge on any atom is -0.406 e. The van der Waals surface area contributed by atoms with E-state index in [0.717, 1.165) is 4.73 Å². The van der Waals surface area contributed by atoms with E-state index in [4.69, 9.17) is 4.84 Å². The third kappa shape index (κ3) is 4.50. The second-order valence-electron chi connectivity index (χ2n) is 6.04. The van der Waals surface area contributed by atoms with E-state index in [0.29, 0.717) is 16.8 Å². The number of aromatic nitrogens is 1. The zero-order chi connectivity index (χ0) is 20.1. The Morgan fingerprint density at radius 2 is 1.82 bits per heavy atom. The number of carbonyl (C=O) groups excluding carboxylic acids is 2. The van der Waals surface area contributed by atoms with Gasteiger partial charge in [0.05, 0.1) is 0 Å². The largest absolute Gasteiger partial charge is 0.406 e. The second kappa shape index (κ2) is 8.30. The van der Waals surface area contributed by atoms with E-state index in [2.05, 4.69) is 5.32 Å². The summed E-state index contributed by atoms with van der Waals surface area (Å²) in [4.78, 5) is 41.6. The summed E-state index contributed by atoms with van der Waals surface area (Å²) < 4.78 is 14.2. The first-order valence-corrected chi connectivity index (χ1v) is 8.46. The van der Waals surface area contributed by atoms with Crippen LogP contribution in [0.1, 0.15) is 33.2 Å². The minimum absolute atomic E-state index is 0.0325. The fourth-order valence-corrected chi connectivity index (χ4v) is 2.51. The molecule has 1 aromatic heterocycles. The van der Waals surface area contributed by atoms with Crippen molar-refractivity contribution in [2.45, 2.75) is 13.5 Å². The number of nitrogens with zero attached hydrogens (tertiary/aromatic N) is 1. The van der Waals surface area contributed by atoms with Gasteiger partial charge in [0.1, 0.15) is 18.0 Å². The Kier molecular flexibility index (Phi) is 5.64. The van der Waals surface area contributed by atoms with Gasteiger partial charge in [0.2, 0.25) is 0 Å². The van der Waals surface area contributed by atoms with Crippen LogP contribution in [0.4, 0.5) is 10.1 Å². The maximum atomic E-state index is 13.2. The zero-order valence-corrected chi connectivity index (χ0v) is 15.0. The molecule has 2 aromatic carbocycles. The first kappa shape index (κ1) is 19.0. The van der Waals surface area contributed by atoms with Gasteiger partial charge in [-0.15, -0.1) is 0 Å². The molecule has 7 heteroatoms. The lowest BCUT2D eigenvalue weighted by Gasteiger charge is -2.10. The predicted molar refractivity (Wildman–Crippen MR) is 102 cm³/mol. The molecular formula is C21H17FN2O4.